The molecule has 0 bridgehead atoms. The first-order valence-corrected chi connectivity index (χ1v) is 6.84. The average molecular weight is 342 g/mol. The summed E-state index contributed by atoms with van der Waals surface area (Å²) in [6.07, 6.45) is 0. The highest BCUT2D eigenvalue weighted by atomic mass is 79.9. The highest BCUT2D eigenvalue weighted by Gasteiger charge is 2.19. The number of benzene rings is 2. The van der Waals surface area contributed by atoms with Gasteiger partial charge in [0.05, 0.1) is 10.6 Å². The normalized spacial score (nSPS) is 10.6. The number of hydrogen-bond donors (Lipinski definition) is 0. The minimum Gasteiger partial charge on any atom is -0.288 e. The molecule has 0 aliphatic rings. The summed E-state index contributed by atoms with van der Waals surface area (Å²) in [5.74, 6) is -0.992. The first-order valence-electron chi connectivity index (χ1n) is 5.67. The monoisotopic (exact) mass is 340 g/mol. The molecule has 0 saturated heterocycles. The second-order valence-electron chi connectivity index (χ2n) is 4.34. The van der Waals surface area contributed by atoms with E-state index in [1.807, 2.05) is 19.9 Å². The molecule has 0 heterocycles. The van der Waals surface area contributed by atoms with Crippen LogP contribution in [0.3, 0.4) is 0 Å². The molecule has 0 radical (unpaired) electrons. The van der Waals surface area contributed by atoms with Crippen LogP contribution in [0.5, 0.6) is 0 Å². The van der Waals surface area contributed by atoms with Crippen molar-refractivity contribution < 1.29 is 9.18 Å². The summed E-state index contributed by atoms with van der Waals surface area (Å²) >= 11 is 9.33. The number of aryl methyl sites for hydroxylation is 2. The van der Waals surface area contributed by atoms with Gasteiger partial charge in [0.15, 0.2) is 5.78 Å². The van der Waals surface area contributed by atoms with Gasteiger partial charge >= 0.3 is 0 Å². The van der Waals surface area contributed by atoms with E-state index in [-0.39, 0.29) is 10.6 Å². The Labute approximate surface area is 124 Å². The molecule has 0 unspecified atom stereocenters. The van der Waals surface area contributed by atoms with Crippen molar-refractivity contribution in [2.45, 2.75) is 13.8 Å². The molecule has 0 fully saturated rings. The van der Waals surface area contributed by atoms with Gasteiger partial charge in [0, 0.05) is 10.0 Å². The summed E-state index contributed by atoms with van der Waals surface area (Å²) < 4.78 is 14.7. The fourth-order valence-corrected chi connectivity index (χ4v) is 2.58. The average Bonchev–Trinajstić information content (AvgIpc) is 2.33. The molecule has 0 amide bonds. The Kier molecular flexibility index (Phi) is 4.07. The van der Waals surface area contributed by atoms with Crippen molar-refractivity contribution in [2.24, 2.45) is 0 Å². The van der Waals surface area contributed by atoms with Gasteiger partial charge in [-0.1, -0.05) is 33.6 Å². The number of hydrogen-bond acceptors (Lipinski definition) is 1. The highest BCUT2D eigenvalue weighted by molar-refractivity contribution is 9.10. The first-order chi connectivity index (χ1) is 8.91. The summed E-state index contributed by atoms with van der Waals surface area (Å²) in [6, 6.07) is 7.81. The summed E-state index contributed by atoms with van der Waals surface area (Å²) in [4.78, 5) is 12.4. The van der Waals surface area contributed by atoms with Gasteiger partial charge in [0.1, 0.15) is 5.82 Å². The lowest BCUT2D eigenvalue weighted by Gasteiger charge is -2.10. The molecule has 1 nitrogen and oxygen atoms in total. The number of ketones is 1. The Morgan fingerprint density at radius 1 is 1.21 bits per heavy atom. The lowest BCUT2D eigenvalue weighted by molar-refractivity contribution is 0.103. The van der Waals surface area contributed by atoms with Gasteiger partial charge in [-0.3, -0.25) is 4.79 Å². The topological polar surface area (TPSA) is 17.1 Å². The van der Waals surface area contributed by atoms with E-state index in [4.69, 9.17) is 11.6 Å². The van der Waals surface area contributed by atoms with Crippen LogP contribution in [0.15, 0.2) is 34.8 Å². The van der Waals surface area contributed by atoms with Crippen LogP contribution in [-0.2, 0) is 0 Å². The molecular formula is C15H11BrClFO. The third kappa shape index (κ3) is 2.72. The van der Waals surface area contributed by atoms with Crippen molar-refractivity contribution in [2.75, 3.05) is 0 Å². The van der Waals surface area contributed by atoms with Crippen LogP contribution in [0.2, 0.25) is 5.02 Å². The predicted octanol–water partition coefficient (Wildman–Crippen LogP) is 5.09. The maximum Gasteiger partial charge on any atom is 0.197 e. The molecule has 0 aliphatic carbocycles. The van der Waals surface area contributed by atoms with Gasteiger partial charge in [0.25, 0.3) is 0 Å². The molecule has 2 aromatic carbocycles. The van der Waals surface area contributed by atoms with E-state index < -0.39 is 11.6 Å². The van der Waals surface area contributed by atoms with Crippen LogP contribution in [0.25, 0.3) is 0 Å². The lowest BCUT2D eigenvalue weighted by atomic mass is 9.97. The zero-order chi connectivity index (χ0) is 14.2. The third-order valence-corrected chi connectivity index (χ3v) is 4.11. The van der Waals surface area contributed by atoms with Gasteiger partial charge in [-0.15, -0.1) is 0 Å². The van der Waals surface area contributed by atoms with Crippen molar-refractivity contribution >= 4 is 33.3 Å². The molecule has 4 heteroatoms. The Balaban J connectivity index is 2.60. The zero-order valence-corrected chi connectivity index (χ0v) is 12.8. The molecule has 2 aromatic rings. The highest BCUT2D eigenvalue weighted by Crippen LogP contribution is 2.27. The Morgan fingerprint density at radius 2 is 1.89 bits per heavy atom. The minimum atomic E-state index is -0.600. The van der Waals surface area contributed by atoms with Gasteiger partial charge in [0.2, 0.25) is 0 Å². The molecule has 2 rings (SSSR count). The van der Waals surface area contributed by atoms with Gasteiger partial charge in [-0.25, -0.2) is 4.39 Å². The van der Waals surface area contributed by atoms with Crippen LogP contribution < -0.4 is 0 Å². The van der Waals surface area contributed by atoms with E-state index in [0.29, 0.717) is 5.56 Å². The van der Waals surface area contributed by atoms with E-state index in [0.717, 1.165) is 15.6 Å². The minimum absolute atomic E-state index is 0.0750. The van der Waals surface area contributed by atoms with Crippen molar-refractivity contribution in [1.29, 1.82) is 0 Å². The van der Waals surface area contributed by atoms with Gasteiger partial charge < -0.3 is 0 Å². The number of carbonyl (C=O) groups excluding carboxylic acids is 1. The summed E-state index contributed by atoms with van der Waals surface area (Å²) in [5, 5.41) is 0.130. The Morgan fingerprint density at radius 3 is 2.53 bits per heavy atom. The second kappa shape index (κ2) is 5.43. The van der Waals surface area contributed by atoms with Crippen molar-refractivity contribution in [3.8, 4) is 0 Å². The van der Waals surface area contributed by atoms with E-state index in [1.165, 1.54) is 18.2 Å². The maximum absolute atomic E-state index is 13.8. The van der Waals surface area contributed by atoms with Crippen LogP contribution >= 0.6 is 27.5 Å². The standard InChI is InChI=1S/C15H11BrClFO/c1-8-7-11(16)9(2)6-10(8)15(19)14-12(17)4-3-5-13(14)18/h3-7H,1-2H3. The molecule has 98 valence electrons. The van der Waals surface area contributed by atoms with Crippen LogP contribution in [-0.4, -0.2) is 5.78 Å². The lowest BCUT2D eigenvalue weighted by Crippen LogP contribution is -2.07. The maximum atomic E-state index is 13.8. The van der Waals surface area contributed by atoms with E-state index in [2.05, 4.69) is 15.9 Å². The van der Waals surface area contributed by atoms with Crippen molar-refractivity contribution in [1.82, 2.24) is 0 Å². The summed E-state index contributed by atoms with van der Waals surface area (Å²) in [7, 11) is 0. The van der Waals surface area contributed by atoms with Gasteiger partial charge in [-0.05, 0) is 49.2 Å². The van der Waals surface area contributed by atoms with E-state index in [9.17, 15) is 9.18 Å². The van der Waals surface area contributed by atoms with Crippen LogP contribution in [0.4, 0.5) is 4.39 Å². The molecule has 19 heavy (non-hydrogen) atoms. The number of halogens is 3. The quantitative estimate of drug-likeness (QED) is 0.695. The summed E-state index contributed by atoms with van der Waals surface area (Å²) in [6.45, 7) is 3.69. The van der Waals surface area contributed by atoms with Crippen molar-refractivity contribution in [3.05, 3.63) is 67.9 Å². The molecule has 0 atom stereocenters. The number of rotatable bonds is 2. The smallest absolute Gasteiger partial charge is 0.197 e. The molecule has 0 N–H and O–H groups in total. The number of carbonyl (C=O) groups is 1. The van der Waals surface area contributed by atoms with E-state index >= 15 is 0 Å². The molecule has 0 spiro atoms. The SMILES string of the molecule is Cc1cc(C(=O)c2c(F)cccc2Cl)c(C)cc1Br. The Bertz CT molecular complexity index is 647. The third-order valence-electron chi connectivity index (χ3n) is 2.94. The molecule has 0 aliphatic heterocycles. The Hall–Kier alpha value is -1.19. The molecule has 0 saturated carbocycles. The van der Waals surface area contributed by atoms with Crippen LogP contribution in [0.1, 0.15) is 27.0 Å². The summed E-state index contributed by atoms with van der Waals surface area (Å²) in [5.41, 5.74) is 2.09. The first kappa shape index (κ1) is 14.2. The molecular weight excluding hydrogens is 331 g/mol. The fourth-order valence-electron chi connectivity index (χ4n) is 1.87. The van der Waals surface area contributed by atoms with Crippen LogP contribution in [0, 0.1) is 19.7 Å². The predicted molar refractivity (Wildman–Crippen MR) is 78.5 cm³/mol. The van der Waals surface area contributed by atoms with E-state index in [1.54, 1.807) is 6.07 Å². The fraction of sp³-hybridized carbons (Fsp3) is 0.133. The largest absolute Gasteiger partial charge is 0.288 e. The zero-order valence-electron chi connectivity index (χ0n) is 10.4. The van der Waals surface area contributed by atoms with Gasteiger partial charge in [-0.2, -0.15) is 0 Å². The second-order valence-corrected chi connectivity index (χ2v) is 5.60. The van der Waals surface area contributed by atoms with Crippen molar-refractivity contribution in [3.63, 3.8) is 0 Å². The molecule has 0 aromatic heterocycles.